The number of guanidine groups is 1. The zero-order chi connectivity index (χ0) is 18.1. The molecule has 3 heterocycles. The van der Waals surface area contributed by atoms with Crippen molar-refractivity contribution in [3.63, 3.8) is 0 Å². The first-order valence-corrected chi connectivity index (χ1v) is 9.87. The zero-order valence-electron chi connectivity index (χ0n) is 15.9. The van der Waals surface area contributed by atoms with Gasteiger partial charge < -0.3 is 15.0 Å². The van der Waals surface area contributed by atoms with Crippen molar-refractivity contribution in [3.8, 4) is 5.75 Å². The van der Waals surface area contributed by atoms with Gasteiger partial charge in [-0.2, -0.15) is 0 Å². The molecule has 146 valence electrons. The number of benzene rings is 2. The summed E-state index contributed by atoms with van der Waals surface area (Å²) in [5, 5.41) is 3.63. The second-order valence-electron chi connectivity index (χ2n) is 7.72. The number of nitrogens with zero attached hydrogens (tertiary/aromatic N) is 2. The van der Waals surface area contributed by atoms with E-state index in [2.05, 4.69) is 70.9 Å². The fourth-order valence-corrected chi connectivity index (χ4v) is 4.25. The molecule has 1 N–H and O–H groups in total. The number of aliphatic imine (C=N–C) groups is 1. The van der Waals surface area contributed by atoms with E-state index in [0.29, 0.717) is 6.04 Å². The molecule has 5 rings (SSSR count). The smallest absolute Gasteiger partial charge is 0.194 e. The lowest BCUT2D eigenvalue weighted by molar-refractivity contribution is 0.0580. The van der Waals surface area contributed by atoms with Crippen LogP contribution in [0.4, 0.5) is 0 Å². The normalized spacial score (nSPS) is 21.9. The summed E-state index contributed by atoms with van der Waals surface area (Å²) in [6.07, 6.45) is 7.47. The molecule has 1 saturated heterocycles. The minimum Gasteiger partial charge on any atom is -0.482 e. The molecule has 0 radical (unpaired) electrons. The lowest BCUT2D eigenvalue weighted by Gasteiger charge is -2.42. The second-order valence-corrected chi connectivity index (χ2v) is 7.72. The number of piperidine rings is 1. The Morgan fingerprint density at radius 2 is 1.79 bits per heavy atom. The Balaban J connectivity index is 0.00000192. The Morgan fingerprint density at radius 1 is 1.04 bits per heavy atom. The van der Waals surface area contributed by atoms with Gasteiger partial charge in [0, 0.05) is 31.5 Å². The van der Waals surface area contributed by atoms with E-state index >= 15 is 0 Å². The quantitative estimate of drug-likeness (QED) is 0.648. The van der Waals surface area contributed by atoms with Gasteiger partial charge in [0.05, 0.1) is 12.6 Å². The monoisotopic (exact) mass is 487 g/mol. The van der Waals surface area contributed by atoms with Crippen molar-refractivity contribution in [2.75, 3.05) is 19.6 Å². The van der Waals surface area contributed by atoms with Crippen LogP contribution in [-0.2, 0) is 6.42 Å². The van der Waals surface area contributed by atoms with Crippen LogP contribution < -0.4 is 10.1 Å². The molecule has 4 nitrogen and oxygen atoms in total. The van der Waals surface area contributed by atoms with Crippen LogP contribution in [-0.4, -0.2) is 42.1 Å². The van der Waals surface area contributed by atoms with E-state index in [4.69, 9.17) is 9.73 Å². The third-order valence-corrected chi connectivity index (χ3v) is 5.83. The maximum atomic E-state index is 6.40. The van der Waals surface area contributed by atoms with E-state index < -0.39 is 0 Å². The van der Waals surface area contributed by atoms with Gasteiger partial charge in [0.25, 0.3) is 0 Å². The Kier molecular flexibility index (Phi) is 5.62. The van der Waals surface area contributed by atoms with Crippen LogP contribution in [0.25, 0.3) is 6.08 Å². The first kappa shape index (κ1) is 19.3. The minimum absolute atomic E-state index is 0. The number of rotatable bonds is 2. The third-order valence-electron chi connectivity index (χ3n) is 5.83. The molecule has 1 fully saturated rings. The van der Waals surface area contributed by atoms with Crippen LogP contribution in [0.1, 0.15) is 24.0 Å². The molecule has 0 aromatic heterocycles. The fraction of sp³-hybridized carbons (Fsp3) is 0.348. The predicted molar refractivity (Wildman–Crippen MR) is 124 cm³/mol. The van der Waals surface area contributed by atoms with Gasteiger partial charge in [-0.25, -0.2) is 0 Å². The zero-order valence-corrected chi connectivity index (χ0v) is 18.2. The van der Waals surface area contributed by atoms with Crippen molar-refractivity contribution in [3.05, 3.63) is 71.8 Å². The molecule has 3 aliphatic heterocycles. The van der Waals surface area contributed by atoms with Crippen LogP contribution in [0.15, 0.2) is 65.7 Å². The standard InChI is InChI=1S/C23H25N3O.HI/c1-2-6-18(7-3-1)16-20-17-24-22(25-20)26-14-12-23(13-15-26)11-10-19-8-4-5-9-21(19)27-23;/h1-11,20H,12-17H2,(H,24,25);1H. The molecule has 0 amide bonds. The number of likely N-dealkylation sites (tertiary alicyclic amines) is 1. The van der Waals surface area contributed by atoms with Gasteiger partial charge >= 0.3 is 0 Å². The maximum absolute atomic E-state index is 6.40. The Hall–Kier alpha value is -2.02. The highest BCUT2D eigenvalue weighted by atomic mass is 127. The molecule has 2 aromatic carbocycles. The number of fused-ring (bicyclic) bond motifs is 1. The largest absolute Gasteiger partial charge is 0.482 e. The van der Waals surface area contributed by atoms with Gasteiger partial charge in [0.1, 0.15) is 11.4 Å². The second kappa shape index (κ2) is 8.15. The molecular formula is C23H26IN3O. The first-order valence-electron chi connectivity index (χ1n) is 9.87. The van der Waals surface area contributed by atoms with Crippen molar-refractivity contribution in [2.24, 2.45) is 4.99 Å². The molecular weight excluding hydrogens is 461 g/mol. The number of para-hydroxylation sites is 1. The van der Waals surface area contributed by atoms with Gasteiger partial charge in [0.2, 0.25) is 0 Å². The lowest BCUT2D eigenvalue weighted by Crippen LogP contribution is -2.52. The van der Waals surface area contributed by atoms with Gasteiger partial charge in [-0.15, -0.1) is 24.0 Å². The van der Waals surface area contributed by atoms with E-state index in [1.165, 1.54) is 11.1 Å². The van der Waals surface area contributed by atoms with Crippen LogP contribution in [0.3, 0.4) is 0 Å². The van der Waals surface area contributed by atoms with E-state index in [9.17, 15) is 0 Å². The average molecular weight is 487 g/mol. The van der Waals surface area contributed by atoms with Gasteiger partial charge in [-0.3, -0.25) is 4.99 Å². The molecule has 5 heteroatoms. The number of hydrogen-bond acceptors (Lipinski definition) is 4. The summed E-state index contributed by atoms with van der Waals surface area (Å²) in [6, 6.07) is 19.3. The van der Waals surface area contributed by atoms with Crippen molar-refractivity contribution >= 4 is 36.0 Å². The summed E-state index contributed by atoms with van der Waals surface area (Å²) >= 11 is 0. The topological polar surface area (TPSA) is 36.9 Å². The number of hydrogen-bond donors (Lipinski definition) is 1. The van der Waals surface area contributed by atoms with Gasteiger partial charge in [0.15, 0.2) is 5.96 Å². The van der Waals surface area contributed by atoms with Crippen LogP contribution in [0.2, 0.25) is 0 Å². The molecule has 0 bridgehead atoms. The van der Waals surface area contributed by atoms with Crippen molar-refractivity contribution in [1.82, 2.24) is 10.2 Å². The third kappa shape index (κ3) is 3.90. The number of nitrogens with one attached hydrogen (secondary N) is 1. The highest BCUT2D eigenvalue weighted by Crippen LogP contribution is 2.37. The number of halogens is 1. The summed E-state index contributed by atoms with van der Waals surface area (Å²) in [5.41, 5.74) is 2.38. The van der Waals surface area contributed by atoms with Crippen molar-refractivity contribution in [2.45, 2.75) is 30.9 Å². The Bertz CT molecular complexity index is 872. The molecule has 1 atom stereocenters. The summed E-state index contributed by atoms with van der Waals surface area (Å²) in [4.78, 5) is 7.16. The summed E-state index contributed by atoms with van der Waals surface area (Å²) < 4.78 is 6.40. The number of ether oxygens (including phenoxy) is 1. The predicted octanol–water partition coefficient (Wildman–Crippen LogP) is 4.12. The first-order chi connectivity index (χ1) is 13.3. The molecule has 0 saturated carbocycles. The molecule has 2 aromatic rings. The average Bonchev–Trinajstić information content (AvgIpc) is 3.18. The SMILES string of the molecule is C1=CC2(CCN(C3=NCC(Cc4ccccc4)N3)CC2)Oc2ccccc21.I. The van der Waals surface area contributed by atoms with E-state index in [-0.39, 0.29) is 29.6 Å². The molecule has 0 aliphatic carbocycles. The van der Waals surface area contributed by atoms with Crippen LogP contribution in [0.5, 0.6) is 5.75 Å². The summed E-state index contributed by atoms with van der Waals surface area (Å²) in [7, 11) is 0. The highest BCUT2D eigenvalue weighted by molar-refractivity contribution is 14.0. The minimum atomic E-state index is -0.159. The Morgan fingerprint density at radius 3 is 2.61 bits per heavy atom. The van der Waals surface area contributed by atoms with E-state index in [1.807, 2.05) is 6.07 Å². The molecule has 1 unspecified atom stereocenters. The molecule has 1 spiro atoms. The lowest BCUT2D eigenvalue weighted by atomic mass is 9.88. The van der Waals surface area contributed by atoms with E-state index in [1.54, 1.807) is 0 Å². The fourth-order valence-electron chi connectivity index (χ4n) is 4.25. The van der Waals surface area contributed by atoms with Crippen LogP contribution in [0, 0.1) is 0 Å². The van der Waals surface area contributed by atoms with Gasteiger partial charge in [-0.1, -0.05) is 54.6 Å². The van der Waals surface area contributed by atoms with E-state index in [0.717, 1.165) is 50.6 Å². The molecule has 3 aliphatic rings. The highest BCUT2D eigenvalue weighted by Gasteiger charge is 2.38. The summed E-state index contributed by atoms with van der Waals surface area (Å²) in [5.74, 6) is 2.07. The van der Waals surface area contributed by atoms with Crippen LogP contribution >= 0.6 is 24.0 Å². The summed E-state index contributed by atoms with van der Waals surface area (Å²) in [6.45, 7) is 2.79. The Labute approximate surface area is 183 Å². The maximum Gasteiger partial charge on any atom is 0.194 e. The van der Waals surface area contributed by atoms with Crippen molar-refractivity contribution < 1.29 is 4.74 Å². The van der Waals surface area contributed by atoms with Crippen molar-refractivity contribution in [1.29, 1.82) is 0 Å². The molecule has 28 heavy (non-hydrogen) atoms. The van der Waals surface area contributed by atoms with Gasteiger partial charge in [-0.05, 0) is 24.1 Å².